The van der Waals surface area contributed by atoms with E-state index in [1.54, 1.807) is 0 Å². The van der Waals surface area contributed by atoms with Crippen LogP contribution in [0.15, 0.2) is 48.5 Å². The number of hydrogen-bond donors (Lipinski definition) is 2. The van der Waals surface area contributed by atoms with Crippen molar-refractivity contribution < 1.29 is 32.7 Å². The number of benzene rings is 2. The summed E-state index contributed by atoms with van der Waals surface area (Å²) in [6.07, 6.45) is 0.148. The number of morpholine rings is 1. The fraction of sp³-hybridized carbons (Fsp3) is 0.462. The van der Waals surface area contributed by atoms with Crippen LogP contribution in [0.2, 0.25) is 0 Å². The Bertz CT molecular complexity index is 1210. The van der Waals surface area contributed by atoms with E-state index in [9.17, 15) is 18.0 Å². The summed E-state index contributed by atoms with van der Waals surface area (Å²) in [7, 11) is -3.90. The van der Waals surface area contributed by atoms with Crippen LogP contribution in [0.4, 0.5) is 10.5 Å². The molecular formula is C26H33N3O7S. The first-order valence-corrected chi connectivity index (χ1v) is 14.1. The largest absolute Gasteiger partial charge is 0.444 e. The number of hydroxylamine groups is 1. The fourth-order valence-corrected chi connectivity index (χ4v) is 5.48. The van der Waals surface area contributed by atoms with Crippen molar-refractivity contribution in [3.8, 4) is 11.1 Å². The highest BCUT2D eigenvalue weighted by Crippen LogP contribution is 2.31. The fourth-order valence-electron chi connectivity index (χ4n) is 4.61. The molecular weight excluding hydrogens is 498 g/mol. The van der Waals surface area contributed by atoms with Gasteiger partial charge in [0.05, 0.1) is 19.8 Å². The Kier molecular flexibility index (Phi) is 8.17. The van der Waals surface area contributed by atoms with Crippen LogP contribution in [0.1, 0.15) is 18.9 Å². The molecule has 2 fully saturated rings. The molecule has 0 radical (unpaired) electrons. The minimum Gasteiger partial charge on any atom is -0.444 e. The van der Waals surface area contributed by atoms with Gasteiger partial charge in [0.15, 0.2) is 14.6 Å². The van der Waals surface area contributed by atoms with Gasteiger partial charge in [-0.15, -0.1) is 0 Å². The lowest BCUT2D eigenvalue weighted by Gasteiger charge is -2.26. The molecule has 2 aliphatic heterocycles. The van der Waals surface area contributed by atoms with E-state index in [4.69, 9.17) is 14.7 Å². The molecule has 0 unspecified atom stereocenters. The number of ether oxygens (including phenoxy) is 2. The average molecular weight is 532 g/mol. The number of nitrogens with one attached hydrogen (secondary N) is 1. The van der Waals surface area contributed by atoms with Gasteiger partial charge in [0.25, 0.3) is 5.91 Å². The van der Waals surface area contributed by atoms with Crippen molar-refractivity contribution in [2.24, 2.45) is 0 Å². The van der Waals surface area contributed by atoms with Crippen LogP contribution in [-0.2, 0) is 30.5 Å². The quantitative estimate of drug-likeness (QED) is 0.373. The Hall–Kier alpha value is -2.99. The molecule has 10 nitrogen and oxygen atoms in total. The van der Waals surface area contributed by atoms with Gasteiger partial charge in [-0.2, -0.15) is 0 Å². The summed E-state index contributed by atoms with van der Waals surface area (Å²) in [6.45, 7) is 5.85. The summed E-state index contributed by atoms with van der Waals surface area (Å²) in [5.41, 5.74) is 5.34. The van der Waals surface area contributed by atoms with Gasteiger partial charge >= 0.3 is 6.09 Å². The molecule has 0 bridgehead atoms. The van der Waals surface area contributed by atoms with Crippen LogP contribution in [-0.4, -0.2) is 87.0 Å². The molecule has 2 aromatic rings. The molecule has 2 N–H and O–H groups in total. The minimum atomic E-state index is -3.90. The zero-order chi connectivity index (χ0) is 26.6. The van der Waals surface area contributed by atoms with E-state index in [1.165, 1.54) is 22.9 Å². The number of carbonyl (C=O) groups excluding carboxylic acids is 2. The predicted molar refractivity (Wildman–Crippen MR) is 138 cm³/mol. The van der Waals surface area contributed by atoms with Crippen molar-refractivity contribution in [3.05, 3.63) is 54.1 Å². The zero-order valence-corrected chi connectivity index (χ0v) is 21.9. The van der Waals surface area contributed by atoms with E-state index in [1.807, 2.05) is 24.3 Å². The van der Waals surface area contributed by atoms with E-state index in [-0.39, 0.29) is 13.0 Å². The molecule has 0 aromatic heterocycles. The molecule has 2 saturated heterocycles. The third kappa shape index (κ3) is 6.12. The minimum absolute atomic E-state index is 0.0832. The SMILES string of the molecule is C[C@@](C[C@H]1CN(c2ccc(-c3ccc(CCN4CCOCC4)cc3)cc2)C(=O)O1)(C(=O)NO)S(C)(=O)=O. The van der Waals surface area contributed by atoms with E-state index in [2.05, 4.69) is 29.2 Å². The van der Waals surface area contributed by atoms with Crippen molar-refractivity contribution in [2.45, 2.75) is 30.6 Å². The molecule has 2 heterocycles. The van der Waals surface area contributed by atoms with Crippen LogP contribution in [0, 0.1) is 0 Å². The average Bonchev–Trinajstić information content (AvgIpc) is 3.26. The Morgan fingerprint density at radius 3 is 2.24 bits per heavy atom. The van der Waals surface area contributed by atoms with Gasteiger partial charge in [0.1, 0.15) is 6.10 Å². The third-order valence-corrected chi connectivity index (χ3v) is 9.17. The molecule has 0 aliphatic carbocycles. The van der Waals surface area contributed by atoms with Gasteiger partial charge in [-0.05, 0) is 42.2 Å². The molecule has 4 rings (SSSR count). The Balaban J connectivity index is 1.38. The Labute approximate surface area is 217 Å². The first kappa shape index (κ1) is 27.1. The maximum atomic E-state index is 12.5. The molecule has 2 aromatic carbocycles. The predicted octanol–water partition coefficient (Wildman–Crippen LogP) is 2.25. The van der Waals surface area contributed by atoms with Crippen molar-refractivity contribution in [1.29, 1.82) is 0 Å². The molecule has 2 atom stereocenters. The number of sulfone groups is 1. The van der Waals surface area contributed by atoms with E-state index >= 15 is 0 Å². The number of carbonyl (C=O) groups is 2. The molecule has 200 valence electrons. The summed E-state index contributed by atoms with van der Waals surface area (Å²) >= 11 is 0. The second-order valence-electron chi connectivity index (χ2n) is 9.71. The number of nitrogens with zero attached hydrogens (tertiary/aromatic N) is 2. The molecule has 2 amide bonds. The van der Waals surface area contributed by atoms with E-state index < -0.39 is 32.7 Å². The van der Waals surface area contributed by atoms with Gasteiger partial charge in [-0.1, -0.05) is 36.4 Å². The number of anilines is 1. The Morgan fingerprint density at radius 1 is 1.08 bits per heavy atom. The maximum absolute atomic E-state index is 12.5. The standard InChI is InChI=1S/C26H33N3O7S/c1-26(24(30)27-32,37(2,33)34)17-23-18-29(25(31)36-23)22-9-7-21(8-10-22)20-5-3-19(4-6-20)11-12-28-13-15-35-16-14-28/h3-10,23,32H,11-18H2,1-2H3,(H,27,30)/t23-,26+/m0/s1. The number of cyclic esters (lactones) is 1. The molecule has 2 aliphatic rings. The first-order valence-electron chi connectivity index (χ1n) is 12.2. The van der Waals surface area contributed by atoms with Crippen LogP contribution in [0.25, 0.3) is 11.1 Å². The lowest BCUT2D eigenvalue weighted by molar-refractivity contribution is -0.132. The first-order chi connectivity index (χ1) is 17.6. The lowest BCUT2D eigenvalue weighted by atomic mass is 10.0. The number of hydrogen-bond acceptors (Lipinski definition) is 8. The van der Waals surface area contributed by atoms with Gasteiger partial charge < -0.3 is 9.47 Å². The summed E-state index contributed by atoms with van der Waals surface area (Å²) in [4.78, 5) is 28.4. The highest BCUT2D eigenvalue weighted by atomic mass is 32.2. The lowest BCUT2D eigenvalue weighted by Crippen LogP contribution is -2.51. The summed E-state index contributed by atoms with van der Waals surface area (Å²) in [5.74, 6) is -1.07. The molecule has 11 heteroatoms. The van der Waals surface area contributed by atoms with Gasteiger partial charge in [-0.25, -0.2) is 18.7 Å². The highest BCUT2D eigenvalue weighted by molar-refractivity contribution is 7.92. The highest BCUT2D eigenvalue weighted by Gasteiger charge is 2.48. The second kappa shape index (κ2) is 11.2. The summed E-state index contributed by atoms with van der Waals surface area (Å²) < 4.78 is 33.3. The van der Waals surface area contributed by atoms with Crippen LogP contribution in [0.5, 0.6) is 0 Å². The topological polar surface area (TPSA) is 125 Å². The molecule has 0 saturated carbocycles. The number of rotatable bonds is 9. The maximum Gasteiger partial charge on any atom is 0.414 e. The van der Waals surface area contributed by atoms with Gasteiger partial charge in [0.2, 0.25) is 0 Å². The van der Waals surface area contributed by atoms with Crippen molar-refractivity contribution in [2.75, 3.05) is 50.5 Å². The second-order valence-corrected chi connectivity index (χ2v) is 12.2. The Morgan fingerprint density at radius 2 is 1.68 bits per heavy atom. The van der Waals surface area contributed by atoms with E-state index in [0.29, 0.717) is 5.69 Å². The van der Waals surface area contributed by atoms with Crippen molar-refractivity contribution in [3.63, 3.8) is 0 Å². The number of amides is 2. The van der Waals surface area contributed by atoms with Crippen LogP contribution < -0.4 is 10.4 Å². The van der Waals surface area contributed by atoms with E-state index in [0.717, 1.165) is 56.7 Å². The van der Waals surface area contributed by atoms with Crippen LogP contribution >= 0.6 is 0 Å². The molecule has 0 spiro atoms. The van der Waals surface area contributed by atoms with Crippen molar-refractivity contribution >= 4 is 27.5 Å². The van der Waals surface area contributed by atoms with Crippen molar-refractivity contribution in [1.82, 2.24) is 10.4 Å². The zero-order valence-electron chi connectivity index (χ0n) is 21.1. The molecule has 37 heavy (non-hydrogen) atoms. The van der Waals surface area contributed by atoms with Gasteiger partial charge in [-0.3, -0.25) is 19.8 Å². The van der Waals surface area contributed by atoms with Crippen LogP contribution in [0.3, 0.4) is 0 Å². The smallest absolute Gasteiger partial charge is 0.414 e. The summed E-state index contributed by atoms with van der Waals surface area (Å²) in [6, 6.07) is 15.9. The third-order valence-electron chi connectivity index (χ3n) is 7.18. The normalized spacial score (nSPS) is 20.4. The monoisotopic (exact) mass is 531 g/mol. The summed E-state index contributed by atoms with van der Waals surface area (Å²) in [5, 5.41) is 9.02. The van der Waals surface area contributed by atoms with Gasteiger partial charge in [0, 0.05) is 38.0 Å².